The monoisotopic (exact) mass is 324 g/mol. The van der Waals surface area contributed by atoms with Crippen LogP contribution < -0.4 is 4.89 Å². The minimum absolute atomic E-state index is 0.403. The van der Waals surface area contributed by atoms with Crippen molar-refractivity contribution in [2.75, 3.05) is 0 Å². The number of hydrogen-bond donors (Lipinski definition) is 0. The molecule has 0 saturated carbocycles. The first-order chi connectivity index (χ1) is 11.4. The molecule has 3 nitrogen and oxygen atoms in total. The van der Waals surface area contributed by atoms with Crippen molar-refractivity contribution < 1.29 is 14.6 Å². The largest absolute Gasteiger partial charge is 0.360 e. The van der Waals surface area contributed by atoms with Crippen molar-refractivity contribution in [3.8, 4) is 5.75 Å². The third kappa shape index (κ3) is 6.97. The van der Waals surface area contributed by atoms with Crippen molar-refractivity contribution in [3.63, 3.8) is 0 Å². The van der Waals surface area contributed by atoms with Crippen LogP contribution in [0.4, 0.5) is 0 Å². The van der Waals surface area contributed by atoms with Crippen molar-refractivity contribution in [1.82, 2.24) is 0 Å². The minimum Gasteiger partial charge on any atom is -0.287 e. The van der Waals surface area contributed by atoms with Crippen LogP contribution in [0.5, 0.6) is 5.75 Å². The molecular weight excluding hydrogens is 300 g/mol. The summed E-state index contributed by atoms with van der Waals surface area (Å²) >= 11 is 0. The number of carbonyl (C=O) groups is 1. The van der Waals surface area contributed by atoms with Gasteiger partial charge >= 0.3 is 5.97 Å². The molecular formula is C21H24O3. The van der Waals surface area contributed by atoms with Crippen molar-refractivity contribution >= 4 is 18.1 Å². The topological polar surface area (TPSA) is 35.5 Å². The first-order valence-electron chi connectivity index (χ1n) is 7.65. The molecule has 0 aliphatic rings. The van der Waals surface area contributed by atoms with E-state index in [4.69, 9.17) is 9.78 Å². The van der Waals surface area contributed by atoms with Crippen molar-refractivity contribution in [1.29, 1.82) is 0 Å². The molecule has 0 radical (unpaired) electrons. The van der Waals surface area contributed by atoms with E-state index >= 15 is 0 Å². The fraction of sp³-hybridized carbons (Fsp3) is 0.190. The SMILES string of the molecule is C=Cc1ccc(OOC(=O)C(C)(C)C)cc1.C=Cc1ccccc1. The lowest BCUT2D eigenvalue weighted by Gasteiger charge is -2.14. The highest BCUT2D eigenvalue weighted by Gasteiger charge is 2.24. The second-order valence-electron chi connectivity index (χ2n) is 6.09. The second-order valence-corrected chi connectivity index (χ2v) is 6.09. The molecule has 0 aliphatic carbocycles. The first kappa shape index (κ1) is 19.2. The number of carbonyl (C=O) groups excluding carboxylic acids is 1. The maximum atomic E-state index is 11.4. The van der Waals surface area contributed by atoms with Gasteiger partial charge in [-0.15, -0.1) is 0 Å². The first-order valence-corrected chi connectivity index (χ1v) is 7.65. The van der Waals surface area contributed by atoms with E-state index in [9.17, 15) is 4.79 Å². The molecule has 0 aromatic heterocycles. The Hall–Kier alpha value is -2.81. The van der Waals surface area contributed by atoms with Gasteiger partial charge in [0.05, 0.1) is 5.41 Å². The highest BCUT2D eigenvalue weighted by molar-refractivity contribution is 5.74. The third-order valence-corrected chi connectivity index (χ3v) is 2.98. The fourth-order valence-electron chi connectivity index (χ4n) is 1.46. The molecule has 3 heteroatoms. The fourth-order valence-corrected chi connectivity index (χ4v) is 1.46. The predicted octanol–water partition coefficient (Wildman–Crippen LogP) is 5.54. The van der Waals surface area contributed by atoms with Gasteiger partial charge in [-0.3, -0.25) is 4.89 Å². The lowest BCUT2D eigenvalue weighted by molar-refractivity contribution is -0.223. The molecule has 0 N–H and O–H groups in total. The van der Waals surface area contributed by atoms with Gasteiger partial charge in [0.2, 0.25) is 0 Å². The normalized spacial score (nSPS) is 9.96. The molecule has 2 aromatic carbocycles. The zero-order chi connectivity index (χ0) is 18.0. The molecule has 24 heavy (non-hydrogen) atoms. The van der Waals surface area contributed by atoms with Gasteiger partial charge in [-0.2, -0.15) is 0 Å². The van der Waals surface area contributed by atoms with Gasteiger partial charge in [-0.25, -0.2) is 9.68 Å². The van der Waals surface area contributed by atoms with E-state index in [1.165, 1.54) is 5.56 Å². The molecule has 0 bridgehead atoms. The van der Waals surface area contributed by atoms with E-state index in [0.29, 0.717) is 5.75 Å². The Balaban J connectivity index is 0.000000300. The predicted molar refractivity (Wildman–Crippen MR) is 99.2 cm³/mol. The number of rotatable bonds is 4. The van der Waals surface area contributed by atoms with Crippen LogP contribution >= 0.6 is 0 Å². The van der Waals surface area contributed by atoms with Crippen LogP contribution in [0.25, 0.3) is 12.2 Å². The van der Waals surface area contributed by atoms with Gasteiger partial charge in [-0.05, 0) is 44.0 Å². The van der Waals surface area contributed by atoms with Crippen molar-refractivity contribution in [2.24, 2.45) is 5.41 Å². The van der Waals surface area contributed by atoms with Gasteiger partial charge in [0, 0.05) is 0 Å². The number of hydrogen-bond acceptors (Lipinski definition) is 3. The summed E-state index contributed by atoms with van der Waals surface area (Å²) in [5.41, 5.74) is 1.59. The van der Waals surface area contributed by atoms with Gasteiger partial charge in [0.15, 0.2) is 5.75 Å². The maximum Gasteiger partial charge on any atom is 0.360 e. The second kappa shape index (κ2) is 9.36. The summed E-state index contributed by atoms with van der Waals surface area (Å²) in [6, 6.07) is 17.1. The molecule has 0 aliphatic heterocycles. The van der Waals surface area contributed by atoms with Gasteiger partial charge in [0.1, 0.15) is 0 Å². The molecule has 0 heterocycles. The van der Waals surface area contributed by atoms with Gasteiger partial charge in [0.25, 0.3) is 0 Å². The molecule has 0 spiro atoms. The maximum absolute atomic E-state index is 11.4. The average molecular weight is 324 g/mol. The lowest BCUT2D eigenvalue weighted by Crippen LogP contribution is -2.24. The smallest absolute Gasteiger partial charge is 0.287 e. The Labute approximate surface area is 144 Å². The third-order valence-electron chi connectivity index (χ3n) is 2.98. The summed E-state index contributed by atoms with van der Waals surface area (Å²) in [6.07, 6.45) is 3.56. The van der Waals surface area contributed by atoms with E-state index in [-0.39, 0.29) is 0 Å². The molecule has 0 fully saturated rings. The Morgan fingerprint density at radius 1 is 0.875 bits per heavy atom. The van der Waals surface area contributed by atoms with E-state index in [1.54, 1.807) is 39.0 Å². The van der Waals surface area contributed by atoms with Crippen LogP contribution in [0, 0.1) is 5.41 Å². The van der Waals surface area contributed by atoms with E-state index < -0.39 is 11.4 Å². The molecule has 0 saturated heterocycles. The summed E-state index contributed by atoms with van der Waals surface area (Å²) < 4.78 is 0. The van der Waals surface area contributed by atoms with Crippen LogP contribution in [-0.2, 0) is 9.68 Å². The summed E-state index contributed by atoms with van der Waals surface area (Å²) in [7, 11) is 0. The van der Waals surface area contributed by atoms with Crippen LogP contribution in [0.2, 0.25) is 0 Å². The van der Waals surface area contributed by atoms with Crippen molar-refractivity contribution in [3.05, 3.63) is 78.9 Å². The zero-order valence-electron chi connectivity index (χ0n) is 14.5. The van der Waals surface area contributed by atoms with E-state index in [0.717, 1.165) is 5.56 Å². The molecule has 126 valence electrons. The van der Waals surface area contributed by atoms with Gasteiger partial charge < -0.3 is 0 Å². The van der Waals surface area contributed by atoms with E-state index in [1.807, 2.05) is 48.5 Å². The summed E-state index contributed by atoms with van der Waals surface area (Å²) in [4.78, 5) is 21.0. The Morgan fingerprint density at radius 2 is 1.38 bits per heavy atom. The molecule has 2 rings (SSSR count). The molecule has 0 amide bonds. The number of benzene rings is 2. The zero-order valence-corrected chi connectivity index (χ0v) is 14.5. The highest BCUT2D eigenvalue weighted by Crippen LogP contribution is 2.18. The van der Waals surface area contributed by atoms with Gasteiger partial charge in [-0.1, -0.05) is 67.8 Å². The van der Waals surface area contributed by atoms with Crippen LogP contribution in [0.3, 0.4) is 0 Å². The standard InChI is InChI=1S/C13H16O3.C8H8/c1-5-10-6-8-11(9-7-10)15-16-12(14)13(2,3)4;1-2-8-6-4-3-5-7-8/h5-9H,1H2,2-4H3;2-7H,1H2. The Bertz CT molecular complexity index is 650. The van der Waals surface area contributed by atoms with Crippen LogP contribution in [0.1, 0.15) is 31.9 Å². The summed E-state index contributed by atoms with van der Waals surface area (Å²) in [5, 5.41) is 0. The Morgan fingerprint density at radius 3 is 1.79 bits per heavy atom. The molecule has 0 unspecified atom stereocenters. The van der Waals surface area contributed by atoms with Crippen LogP contribution in [-0.4, -0.2) is 5.97 Å². The summed E-state index contributed by atoms with van der Waals surface area (Å²) in [5.74, 6) is 0.0866. The Kier molecular flexibility index (Phi) is 7.50. The lowest BCUT2D eigenvalue weighted by atomic mass is 9.98. The van der Waals surface area contributed by atoms with Crippen LogP contribution in [0.15, 0.2) is 67.8 Å². The minimum atomic E-state index is -0.568. The molecule has 0 atom stereocenters. The molecule has 2 aromatic rings. The van der Waals surface area contributed by atoms with Crippen molar-refractivity contribution in [2.45, 2.75) is 20.8 Å². The average Bonchev–Trinajstić information content (AvgIpc) is 2.60. The summed E-state index contributed by atoms with van der Waals surface area (Å²) in [6.45, 7) is 12.6. The highest BCUT2D eigenvalue weighted by atomic mass is 17.2. The quantitative estimate of drug-likeness (QED) is 0.547. The van der Waals surface area contributed by atoms with E-state index in [2.05, 4.69) is 13.2 Å².